The number of nitrogens with one attached hydrogen (secondary N) is 1. The van der Waals surface area contributed by atoms with Gasteiger partial charge >= 0.3 is 0 Å². The van der Waals surface area contributed by atoms with Crippen LogP contribution >= 0.6 is 0 Å². The van der Waals surface area contributed by atoms with Gasteiger partial charge in [0.2, 0.25) is 0 Å². The van der Waals surface area contributed by atoms with Crippen molar-refractivity contribution in [2.45, 2.75) is 51.6 Å². The van der Waals surface area contributed by atoms with Crippen molar-refractivity contribution in [3.05, 3.63) is 35.4 Å². The molecule has 0 saturated carbocycles. The third kappa shape index (κ3) is 6.19. The first-order chi connectivity index (χ1) is 11.4. The van der Waals surface area contributed by atoms with E-state index in [2.05, 4.69) is 64.4 Å². The molecule has 1 aliphatic rings. The summed E-state index contributed by atoms with van der Waals surface area (Å²) < 4.78 is 5.96. The Bertz CT molecular complexity index is 481. The van der Waals surface area contributed by atoms with Crippen molar-refractivity contribution in [2.75, 3.05) is 40.3 Å². The summed E-state index contributed by atoms with van der Waals surface area (Å²) in [5.74, 6) is 1.40. The van der Waals surface area contributed by atoms with E-state index in [1.54, 1.807) is 0 Å². The minimum absolute atomic E-state index is 0.0316. The number of hydrogen-bond donors (Lipinski definition) is 2. The van der Waals surface area contributed by atoms with Gasteiger partial charge in [0, 0.05) is 13.0 Å². The van der Waals surface area contributed by atoms with E-state index in [-0.39, 0.29) is 5.60 Å². The van der Waals surface area contributed by atoms with Gasteiger partial charge in [0.05, 0.1) is 26.2 Å². The Morgan fingerprint density at radius 3 is 2.54 bits per heavy atom. The number of hydrogen-bond acceptors (Lipinski definition) is 1. The van der Waals surface area contributed by atoms with E-state index in [9.17, 15) is 0 Å². The molecule has 1 aromatic carbocycles. The Morgan fingerprint density at radius 1 is 1.21 bits per heavy atom. The van der Waals surface area contributed by atoms with Gasteiger partial charge in [-0.3, -0.25) is 0 Å². The van der Waals surface area contributed by atoms with Crippen LogP contribution in [0, 0.1) is 12.8 Å². The van der Waals surface area contributed by atoms with Crippen LogP contribution in [0.1, 0.15) is 50.2 Å². The molecule has 0 aromatic heterocycles. The lowest BCUT2D eigenvalue weighted by Gasteiger charge is -2.39. The van der Waals surface area contributed by atoms with Crippen molar-refractivity contribution in [1.29, 1.82) is 0 Å². The first-order valence-electron chi connectivity index (χ1n) is 9.68. The van der Waals surface area contributed by atoms with Crippen LogP contribution in [0.4, 0.5) is 0 Å². The zero-order chi connectivity index (χ0) is 17.6. The van der Waals surface area contributed by atoms with Gasteiger partial charge < -0.3 is 15.0 Å². The van der Waals surface area contributed by atoms with E-state index < -0.39 is 0 Å². The van der Waals surface area contributed by atoms with E-state index in [0.717, 1.165) is 12.5 Å². The average molecular weight is 335 g/mol. The minimum Gasteiger partial charge on any atom is -0.376 e. The number of benzene rings is 1. The molecule has 1 saturated heterocycles. The van der Waals surface area contributed by atoms with Gasteiger partial charge in [-0.15, -0.1) is 0 Å². The summed E-state index contributed by atoms with van der Waals surface area (Å²) in [7, 11) is 4.46. The topological polar surface area (TPSA) is 30.3 Å². The summed E-state index contributed by atoms with van der Waals surface area (Å²) in [5.41, 5.74) is 2.91. The zero-order valence-electron chi connectivity index (χ0n) is 16.4. The van der Waals surface area contributed by atoms with Crippen LogP contribution in [0.25, 0.3) is 0 Å². The molecule has 3 nitrogen and oxygen atoms in total. The molecule has 0 amide bonds. The molecule has 1 aromatic rings. The lowest BCUT2D eigenvalue weighted by Crippen LogP contribution is -3.09. The molecule has 3 N–H and O–H groups in total. The number of nitrogens with two attached hydrogens (primary N) is 1. The van der Waals surface area contributed by atoms with Crippen LogP contribution in [-0.2, 0) is 4.74 Å². The van der Waals surface area contributed by atoms with E-state index in [4.69, 9.17) is 4.74 Å². The highest BCUT2D eigenvalue weighted by atomic mass is 16.5. The fraction of sp³-hybridized carbons (Fsp3) is 0.714. The maximum absolute atomic E-state index is 5.96. The Morgan fingerprint density at radius 2 is 1.92 bits per heavy atom. The number of aryl methyl sites for hydroxylation is 1. The number of ether oxygens (including phenoxy) is 1. The van der Waals surface area contributed by atoms with E-state index >= 15 is 0 Å². The first-order valence-corrected chi connectivity index (χ1v) is 9.68. The highest BCUT2D eigenvalue weighted by Gasteiger charge is 2.34. The summed E-state index contributed by atoms with van der Waals surface area (Å²) in [4.78, 5) is 1.53. The smallest absolute Gasteiger partial charge is 0.126 e. The number of rotatable bonds is 8. The summed E-state index contributed by atoms with van der Waals surface area (Å²) in [6.07, 6.45) is 3.64. The molecule has 0 aliphatic carbocycles. The van der Waals surface area contributed by atoms with Gasteiger partial charge in [-0.1, -0.05) is 29.8 Å². The standard InChI is InChI=1S/C21H36N2O/c1-17-6-8-18(9-7-17)20(10-12-22-13-14-23(4)5)19-11-15-24-21(2,3)16-19/h6-9,19-20,22H,10-16H2,1-5H3/p+2/t19-,20+/m0/s1. The molecule has 24 heavy (non-hydrogen) atoms. The van der Waals surface area contributed by atoms with Gasteiger partial charge in [0.15, 0.2) is 0 Å². The monoisotopic (exact) mass is 334 g/mol. The second kappa shape index (κ2) is 8.98. The van der Waals surface area contributed by atoms with E-state index in [1.807, 2.05) is 0 Å². The molecule has 2 rings (SSSR count). The third-order valence-corrected chi connectivity index (χ3v) is 5.34. The van der Waals surface area contributed by atoms with Crippen LogP contribution in [0.15, 0.2) is 24.3 Å². The lowest BCUT2D eigenvalue weighted by molar-refractivity contribution is -0.874. The maximum atomic E-state index is 5.96. The molecule has 2 atom stereocenters. The minimum atomic E-state index is 0.0316. The molecular formula is C21H38N2O+2. The van der Waals surface area contributed by atoms with Crippen molar-refractivity contribution in [3.8, 4) is 0 Å². The molecule has 0 bridgehead atoms. The average Bonchev–Trinajstić information content (AvgIpc) is 2.51. The molecule has 1 heterocycles. The molecule has 1 fully saturated rings. The van der Waals surface area contributed by atoms with Crippen LogP contribution in [0.2, 0.25) is 0 Å². The molecule has 3 heteroatoms. The molecule has 136 valence electrons. The maximum Gasteiger partial charge on any atom is 0.126 e. The molecular weight excluding hydrogens is 296 g/mol. The molecule has 0 radical (unpaired) electrons. The number of quaternary nitrogens is 2. The summed E-state index contributed by atoms with van der Waals surface area (Å²) in [6.45, 7) is 11.3. The summed E-state index contributed by atoms with van der Waals surface area (Å²) in [6, 6.07) is 9.25. The Hall–Kier alpha value is -0.900. The van der Waals surface area contributed by atoms with Crippen molar-refractivity contribution in [2.24, 2.45) is 5.92 Å². The van der Waals surface area contributed by atoms with Gasteiger partial charge in [-0.2, -0.15) is 0 Å². The van der Waals surface area contributed by atoms with Crippen LogP contribution in [0.3, 0.4) is 0 Å². The predicted molar refractivity (Wildman–Crippen MR) is 101 cm³/mol. The predicted octanol–water partition coefficient (Wildman–Crippen LogP) is 1.38. The van der Waals surface area contributed by atoms with Crippen LogP contribution < -0.4 is 10.2 Å². The second-order valence-corrected chi connectivity index (χ2v) is 8.49. The highest BCUT2D eigenvalue weighted by Crippen LogP contribution is 2.39. The van der Waals surface area contributed by atoms with Crippen molar-refractivity contribution >= 4 is 0 Å². The molecule has 1 aliphatic heterocycles. The van der Waals surface area contributed by atoms with Crippen molar-refractivity contribution in [3.63, 3.8) is 0 Å². The summed E-state index contributed by atoms with van der Waals surface area (Å²) >= 11 is 0. The highest BCUT2D eigenvalue weighted by molar-refractivity contribution is 5.25. The quantitative estimate of drug-likeness (QED) is 0.691. The fourth-order valence-corrected chi connectivity index (χ4v) is 3.94. The summed E-state index contributed by atoms with van der Waals surface area (Å²) in [5, 5.41) is 2.50. The Labute approximate surface area is 148 Å². The Kier molecular flexibility index (Phi) is 7.27. The van der Waals surface area contributed by atoms with Crippen molar-refractivity contribution < 1.29 is 15.0 Å². The van der Waals surface area contributed by atoms with Gasteiger partial charge in [0.1, 0.15) is 13.1 Å². The van der Waals surface area contributed by atoms with E-state index in [0.29, 0.717) is 5.92 Å². The first kappa shape index (κ1) is 19.4. The van der Waals surface area contributed by atoms with Gasteiger partial charge in [-0.05, 0) is 51.0 Å². The SMILES string of the molecule is Cc1ccc([C@@H](CC[NH2+]CC[NH+](C)C)[C@H]2CCOC(C)(C)C2)cc1. The largest absolute Gasteiger partial charge is 0.376 e. The van der Waals surface area contributed by atoms with Crippen LogP contribution in [0.5, 0.6) is 0 Å². The normalized spacial score (nSPS) is 21.8. The van der Waals surface area contributed by atoms with E-state index in [1.165, 1.54) is 54.9 Å². The molecule has 0 spiro atoms. The molecule has 0 unspecified atom stereocenters. The Balaban J connectivity index is 2.00. The number of likely N-dealkylation sites (N-methyl/N-ethyl adjacent to an activating group) is 1. The zero-order valence-corrected chi connectivity index (χ0v) is 16.4. The van der Waals surface area contributed by atoms with Gasteiger partial charge in [-0.25, -0.2) is 0 Å². The third-order valence-electron chi connectivity index (χ3n) is 5.34. The van der Waals surface area contributed by atoms with Crippen molar-refractivity contribution in [1.82, 2.24) is 0 Å². The second-order valence-electron chi connectivity index (χ2n) is 8.49. The van der Waals surface area contributed by atoms with Crippen LogP contribution in [-0.4, -0.2) is 45.9 Å². The van der Waals surface area contributed by atoms with Gasteiger partial charge in [0.25, 0.3) is 0 Å². The lowest BCUT2D eigenvalue weighted by atomic mass is 9.75. The fourth-order valence-electron chi connectivity index (χ4n) is 3.94.